The quantitative estimate of drug-likeness (QED) is 0.168. The zero-order chi connectivity index (χ0) is 32.1. The standard InChI is InChI=1S/C36H54O7/c1-20(2)25-26-21-11-12-23-33(8)15-14-24(37)32(6,7)22(33)13-16-35(23,10)34(21,9)17-18-36(26,28(39)27(25)38)30(41)43-19-42-29(40)31(3,4)5/h20-24,37H,11-19H2,1-10H3. The first-order valence-corrected chi connectivity index (χ1v) is 16.6. The van der Waals surface area contributed by atoms with Crippen LogP contribution < -0.4 is 0 Å². The molecule has 4 fully saturated rings. The van der Waals surface area contributed by atoms with Crippen LogP contribution >= 0.6 is 0 Å². The van der Waals surface area contributed by atoms with E-state index in [4.69, 9.17) is 9.47 Å². The van der Waals surface area contributed by atoms with E-state index in [-0.39, 0.29) is 46.0 Å². The van der Waals surface area contributed by atoms with Gasteiger partial charge in [0.2, 0.25) is 18.4 Å². The number of carbonyl (C=O) groups excluding carboxylic acids is 4. The van der Waals surface area contributed by atoms with E-state index in [0.29, 0.717) is 29.4 Å². The van der Waals surface area contributed by atoms with E-state index < -0.39 is 41.1 Å². The molecule has 43 heavy (non-hydrogen) atoms. The third-order valence-electron chi connectivity index (χ3n) is 13.7. The largest absolute Gasteiger partial charge is 0.427 e. The Balaban J connectivity index is 1.54. The fraction of sp³-hybridized carbons (Fsp3) is 0.833. The zero-order valence-electron chi connectivity index (χ0n) is 28.1. The normalized spacial score (nSPS) is 42.1. The maximum Gasteiger partial charge on any atom is 0.327 e. The zero-order valence-corrected chi connectivity index (χ0v) is 28.1. The van der Waals surface area contributed by atoms with Gasteiger partial charge in [0, 0.05) is 5.57 Å². The number of Topliss-reactive ketones (excluding diaryl/α,β-unsaturated/α-hetero) is 2. The van der Waals surface area contributed by atoms with E-state index in [1.54, 1.807) is 20.8 Å². The van der Waals surface area contributed by atoms with Crippen molar-refractivity contribution >= 4 is 23.5 Å². The molecule has 1 N–H and O–H groups in total. The molecule has 0 aromatic heterocycles. The summed E-state index contributed by atoms with van der Waals surface area (Å²) in [5, 5.41) is 11.0. The van der Waals surface area contributed by atoms with Gasteiger partial charge in [-0.2, -0.15) is 0 Å². The topological polar surface area (TPSA) is 107 Å². The summed E-state index contributed by atoms with van der Waals surface area (Å²) in [5.41, 5.74) is -1.54. The van der Waals surface area contributed by atoms with Crippen LogP contribution in [0.3, 0.4) is 0 Å². The van der Waals surface area contributed by atoms with Crippen LogP contribution in [0.25, 0.3) is 0 Å². The first-order valence-electron chi connectivity index (χ1n) is 16.6. The van der Waals surface area contributed by atoms with Crippen molar-refractivity contribution < 1.29 is 33.8 Å². The highest BCUT2D eigenvalue weighted by atomic mass is 16.7. The Hall–Kier alpha value is -2.02. The number of ketones is 2. The molecule has 0 radical (unpaired) electrons. The highest BCUT2D eigenvalue weighted by Gasteiger charge is 2.73. The minimum Gasteiger partial charge on any atom is -0.427 e. The summed E-state index contributed by atoms with van der Waals surface area (Å²) in [6.45, 7) is 20.2. The molecule has 0 saturated heterocycles. The summed E-state index contributed by atoms with van der Waals surface area (Å²) >= 11 is 0. The molecule has 0 aromatic rings. The Labute approximate surface area is 257 Å². The van der Waals surface area contributed by atoms with Gasteiger partial charge in [-0.3, -0.25) is 19.2 Å². The maximum atomic E-state index is 14.0. The van der Waals surface area contributed by atoms with Gasteiger partial charge in [-0.15, -0.1) is 0 Å². The molecule has 0 amide bonds. The Morgan fingerprint density at radius 1 is 0.860 bits per heavy atom. The van der Waals surface area contributed by atoms with Gasteiger partial charge in [-0.05, 0) is 123 Å². The third kappa shape index (κ3) is 4.21. The van der Waals surface area contributed by atoms with Crippen molar-refractivity contribution in [3.05, 3.63) is 11.1 Å². The van der Waals surface area contributed by atoms with Crippen LogP contribution in [0.4, 0.5) is 0 Å². The number of aliphatic hydroxyl groups excluding tert-OH is 1. The molecule has 5 aliphatic carbocycles. The van der Waals surface area contributed by atoms with Crippen LogP contribution in [0.15, 0.2) is 11.1 Å². The minimum absolute atomic E-state index is 0.0540. The lowest BCUT2D eigenvalue weighted by Gasteiger charge is -2.71. The van der Waals surface area contributed by atoms with Crippen molar-refractivity contribution in [1.29, 1.82) is 0 Å². The summed E-state index contributed by atoms with van der Waals surface area (Å²) in [6.07, 6.45) is 6.22. The van der Waals surface area contributed by atoms with Crippen molar-refractivity contribution in [3.63, 3.8) is 0 Å². The molecule has 7 heteroatoms. The van der Waals surface area contributed by atoms with Crippen LogP contribution in [0, 0.1) is 56.2 Å². The van der Waals surface area contributed by atoms with Crippen LogP contribution in [0.1, 0.15) is 121 Å². The third-order valence-corrected chi connectivity index (χ3v) is 13.7. The molecule has 0 bridgehead atoms. The molecule has 8 atom stereocenters. The lowest BCUT2D eigenvalue weighted by molar-refractivity contribution is -0.229. The van der Waals surface area contributed by atoms with Gasteiger partial charge < -0.3 is 14.6 Å². The average molecular weight is 599 g/mol. The fourth-order valence-corrected chi connectivity index (χ4v) is 11.2. The van der Waals surface area contributed by atoms with Crippen molar-refractivity contribution in [1.82, 2.24) is 0 Å². The number of fused-ring (bicyclic) bond motifs is 7. The van der Waals surface area contributed by atoms with E-state index in [1.807, 2.05) is 13.8 Å². The molecule has 4 saturated carbocycles. The second-order valence-corrected chi connectivity index (χ2v) is 17.3. The SMILES string of the molecule is CC(C)C1=C2C3CCC4C5(C)CCC(O)C(C)(C)C5CCC4(C)C3(C)CCC2(C(=O)OCOC(=O)C(C)(C)C)C(=O)C1=O. The summed E-state index contributed by atoms with van der Waals surface area (Å²) in [7, 11) is 0. The molecule has 0 spiro atoms. The highest BCUT2D eigenvalue weighted by molar-refractivity contribution is 6.52. The number of hydrogen-bond acceptors (Lipinski definition) is 7. The first kappa shape index (κ1) is 32.4. The molecule has 5 rings (SSSR count). The first-order chi connectivity index (χ1) is 19.7. The highest BCUT2D eigenvalue weighted by Crippen LogP contribution is 2.76. The lowest BCUT2D eigenvalue weighted by Crippen LogP contribution is -2.66. The maximum absolute atomic E-state index is 14.0. The molecule has 0 aliphatic heterocycles. The molecule has 0 aromatic carbocycles. The summed E-state index contributed by atoms with van der Waals surface area (Å²) < 4.78 is 10.8. The number of esters is 2. The molecule has 5 aliphatic rings. The van der Waals surface area contributed by atoms with E-state index in [1.165, 1.54) is 0 Å². The van der Waals surface area contributed by atoms with E-state index in [9.17, 15) is 24.3 Å². The smallest absolute Gasteiger partial charge is 0.327 e. The van der Waals surface area contributed by atoms with Gasteiger partial charge in [0.15, 0.2) is 5.41 Å². The fourth-order valence-electron chi connectivity index (χ4n) is 11.2. The average Bonchev–Trinajstić information content (AvgIpc) is 3.13. The summed E-state index contributed by atoms with van der Waals surface area (Å²) in [6, 6.07) is 0. The van der Waals surface area contributed by atoms with Gasteiger partial charge in [0.25, 0.3) is 0 Å². The number of allylic oxidation sites excluding steroid dienone is 1. The number of ether oxygens (including phenoxy) is 2. The Bertz CT molecular complexity index is 1270. The van der Waals surface area contributed by atoms with Crippen molar-refractivity contribution in [2.75, 3.05) is 6.79 Å². The Kier molecular flexibility index (Phi) is 7.52. The number of carbonyl (C=O) groups is 4. The second-order valence-electron chi connectivity index (χ2n) is 17.3. The van der Waals surface area contributed by atoms with E-state index in [2.05, 4.69) is 34.6 Å². The van der Waals surface area contributed by atoms with Crippen molar-refractivity contribution in [2.24, 2.45) is 56.2 Å². The Morgan fingerprint density at radius 3 is 2.12 bits per heavy atom. The predicted octanol–water partition coefficient (Wildman–Crippen LogP) is 6.60. The summed E-state index contributed by atoms with van der Waals surface area (Å²) in [4.78, 5) is 54.0. The van der Waals surface area contributed by atoms with Gasteiger partial charge in [-0.25, -0.2) is 0 Å². The van der Waals surface area contributed by atoms with Gasteiger partial charge in [0.1, 0.15) is 0 Å². The Morgan fingerprint density at radius 2 is 1.51 bits per heavy atom. The molecule has 0 heterocycles. The monoisotopic (exact) mass is 598 g/mol. The van der Waals surface area contributed by atoms with E-state index in [0.717, 1.165) is 38.5 Å². The molecule has 8 unspecified atom stereocenters. The second kappa shape index (κ2) is 9.99. The van der Waals surface area contributed by atoms with Crippen LogP contribution in [-0.4, -0.2) is 41.5 Å². The van der Waals surface area contributed by atoms with Crippen LogP contribution in [-0.2, 0) is 28.7 Å². The van der Waals surface area contributed by atoms with Gasteiger partial charge >= 0.3 is 11.9 Å². The van der Waals surface area contributed by atoms with Gasteiger partial charge in [-0.1, -0.05) is 48.5 Å². The summed E-state index contributed by atoms with van der Waals surface area (Å²) in [5.74, 6) is -1.92. The molecular formula is C36H54O7. The number of rotatable bonds is 4. The molecule has 240 valence electrons. The minimum atomic E-state index is -1.64. The van der Waals surface area contributed by atoms with E-state index >= 15 is 0 Å². The van der Waals surface area contributed by atoms with Crippen molar-refractivity contribution in [3.8, 4) is 0 Å². The van der Waals surface area contributed by atoms with Crippen LogP contribution in [0.2, 0.25) is 0 Å². The number of aliphatic hydroxyl groups is 1. The lowest BCUT2D eigenvalue weighted by atomic mass is 9.33. The predicted molar refractivity (Wildman–Crippen MR) is 162 cm³/mol. The van der Waals surface area contributed by atoms with Crippen molar-refractivity contribution in [2.45, 2.75) is 127 Å². The van der Waals surface area contributed by atoms with Gasteiger partial charge in [0.05, 0.1) is 11.5 Å². The van der Waals surface area contributed by atoms with Crippen LogP contribution in [0.5, 0.6) is 0 Å². The molecule has 7 nitrogen and oxygen atoms in total. The molecular weight excluding hydrogens is 544 g/mol. The number of hydrogen-bond donors (Lipinski definition) is 1.